The summed E-state index contributed by atoms with van der Waals surface area (Å²) in [5.74, 6) is -0.157. The SMILES string of the molecule is COC(=O)[C@@H]1CC[C@@H]2CCC(=O)N21. The molecule has 0 unspecified atom stereocenters. The Labute approximate surface area is 76.8 Å². The molecule has 13 heavy (non-hydrogen) atoms. The third-order valence-electron chi connectivity index (χ3n) is 2.96. The number of carbonyl (C=O) groups excluding carboxylic acids is 2. The second-order valence-corrected chi connectivity index (χ2v) is 3.61. The van der Waals surface area contributed by atoms with Crippen LogP contribution in [-0.2, 0) is 14.3 Å². The number of ether oxygens (including phenoxy) is 1. The van der Waals surface area contributed by atoms with Crippen LogP contribution in [0.2, 0.25) is 0 Å². The third-order valence-corrected chi connectivity index (χ3v) is 2.96. The highest BCUT2D eigenvalue weighted by Crippen LogP contribution is 2.33. The summed E-state index contributed by atoms with van der Waals surface area (Å²) >= 11 is 0. The summed E-state index contributed by atoms with van der Waals surface area (Å²) in [5.41, 5.74) is 0. The smallest absolute Gasteiger partial charge is 0.328 e. The second-order valence-electron chi connectivity index (χ2n) is 3.61. The summed E-state index contributed by atoms with van der Waals surface area (Å²) in [7, 11) is 1.37. The maximum absolute atomic E-state index is 11.4. The predicted octanol–water partition coefficient (Wildman–Crippen LogP) is 0.313. The van der Waals surface area contributed by atoms with Gasteiger partial charge >= 0.3 is 5.97 Å². The van der Waals surface area contributed by atoms with Gasteiger partial charge in [0, 0.05) is 12.5 Å². The molecule has 0 aromatic heterocycles. The Hall–Kier alpha value is -1.06. The fraction of sp³-hybridized carbons (Fsp3) is 0.778. The number of nitrogens with zero attached hydrogens (tertiary/aromatic N) is 1. The summed E-state index contributed by atoms with van der Waals surface area (Å²) in [5, 5.41) is 0. The lowest BCUT2D eigenvalue weighted by Crippen LogP contribution is -2.40. The zero-order valence-electron chi connectivity index (χ0n) is 7.66. The van der Waals surface area contributed by atoms with Crippen molar-refractivity contribution in [3.8, 4) is 0 Å². The van der Waals surface area contributed by atoms with Gasteiger partial charge in [-0.05, 0) is 19.3 Å². The van der Waals surface area contributed by atoms with Crippen molar-refractivity contribution in [2.75, 3.05) is 7.11 Å². The molecule has 2 fully saturated rings. The molecule has 1 amide bonds. The van der Waals surface area contributed by atoms with Gasteiger partial charge in [-0.25, -0.2) is 4.79 Å². The van der Waals surface area contributed by atoms with Gasteiger partial charge in [0.25, 0.3) is 0 Å². The Morgan fingerprint density at radius 3 is 2.92 bits per heavy atom. The van der Waals surface area contributed by atoms with Crippen LogP contribution in [0.1, 0.15) is 25.7 Å². The highest BCUT2D eigenvalue weighted by atomic mass is 16.5. The van der Waals surface area contributed by atoms with Gasteiger partial charge in [0.2, 0.25) is 5.91 Å². The first kappa shape index (κ1) is 8.53. The van der Waals surface area contributed by atoms with Crippen LogP contribution in [0.4, 0.5) is 0 Å². The largest absolute Gasteiger partial charge is 0.467 e. The maximum atomic E-state index is 11.4. The van der Waals surface area contributed by atoms with E-state index in [2.05, 4.69) is 4.74 Å². The Balaban J connectivity index is 2.14. The van der Waals surface area contributed by atoms with E-state index < -0.39 is 0 Å². The van der Waals surface area contributed by atoms with Gasteiger partial charge in [-0.3, -0.25) is 4.79 Å². The lowest BCUT2D eigenvalue weighted by atomic mass is 10.1. The van der Waals surface area contributed by atoms with Crippen molar-refractivity contribution >= 4 is 11.9 Å². The number of amides is 1. The maximum Gasteiger partial charge on any atom is 0.328 e. The van der Waals surface area contributed by atoms with Crippen LogP contribution in [-0.4, -0.2) is 36.0 Å². The fourth-order valence-corrected chi connectivity index (χ4v) is 2.33. The second kappa shape index (κ2) is 3.01. The molecule has 0 spiro atoms. The minimum Gasteiger partial charge on any atom is -0.467 e. The summed E-state index contributed by atoms with van der Waals surface area (Å²) in [6, 6.07) is 0.00148. The molecule has 4 nitrogen and oxygen atoms in total. The van der Waals surface area contributed by atoms with Gasteiger partial charge < -0.3 is 9.64 Å². The van der Waals surface area contributed by atoms with E-state index in [-0.39, 0.29) is 17.9 Å². The van der Waals surface area contributed by atoms with E-state index in [1.54, 1.807) is 4.90 Å². The number of carbonyl (C=O) groups is 2. The van der Waals surface area contributed by atoms with Gasteiger partial charge in [0.15, 0.2) is 0 Å². The van der Waals surface area contributed by atoms with E-state index >= 15 is 0 Å². The molecule has 0 radical (unpaired) electrons. The van der Waals surface area contributed by atoms with Crippen LogP contribution < -0.4 is 0 Å². The number of fused-ring (bicyclic) bond motifs is 1. The summed E-state index contributed by atoms with van der Waals surface area (Å²) < 4.78 is 4.66. The van der Waals surface area contributed by atoms with Gasteiger partial charge in [0.1, 0.15) is 6.04 Å². The molecule has 2 saturated heterocycles. The standard InChI is InChI=1S/C9H13NO3/c1-13-9(12)7-4-2-6-3-5-8(11)10(6)7/h6-7H,2-5H2,1H3/t6-,7+/m1/s1. The number of esters is 1. The van der Waals surface area contributed by atoms with Crippen molar-refractivity contribution in [3.63, 3.8) is 0 Å². The van der Waals surface area contributed by atoms with Gasteiger partial charge in [-0.2, -0.15) is 0 Å². The van der Waals surface area contributed by atoms with E-state index in [4.69, 9.17) is 0 Å². The minimum absolute atomic E-state index is 0.109. The van der Waals surface area contributed by atoms with E-state index in [1.807, 2.05) is 0 Å². The molecule has 0 bridgehead atoms. The molecule has 0 aliphatic carbocycles. The molecule has 2 rings (SSSR count). The molecule has 2 atom stereocenters. The minimum atomic E-state index is -0.301. The number of hydrogen-bond acceptors (Lipinski definition) is 3. The van der Waals surface area contributed by atoms with Crippen LogP contribution >= 0.6 is 0 Å². The van der Waals surface area contributed by atoms with E-state index in [9.17, 15) is 9.59 Å². The lowest BCUT2D eigenvalue weighted by molar-refractivity contribution is -0.150. The Bertz CT molecular complexity index is 251. The van der Waals surface area contributed by atoms with E-state index in [1.165, 1.54) is 7.11 Å². The number of rotatable bonds is 1. The first-order valence-corrected chi connectivity index (χ1v) is 4.63. The predicted molar refractivity (Wildman–Crippen MR) is 44.9 cm³/mol. The van der Waals surface area contributed by atoms with Crippen LogP contribution in [0, 0.1) is 0 Å². The van der Waals surface area contributed by atoms with Crippen molar-refractivity contribution in [1.82, 2.24) is 4.90 Å². The van der Waals surface area contributed by atoms with E-state index in [0.717, 1.165) is 19.3 Å². The van der Waals surface area contributed by atoms with E-state index in [0.29, 0.717) is 12.5 Å². The molecular weight excluding hydrogens is 170 g/mol. The van der Waals surface area contributed by atoms with Crippen LogP contribution in [0.5, 0.6) is 0 Å². The molecule has 2 aliphatic heterocycles. The lowest BCUT2D eigenvalue weighted by Gasteiger charge is -2.21. The van der Waals surface area contributed by atoms with Crippen molar-refractivity contribution < 1.29 is 14.3 Å². The van der Waals surface area contributed by atoms with Crippen molar-refractivity contribution in [1.29, 1.82) is 0 Å². The number of hydrogen-bond donors (Lipinski definition) is 0. The zero-order valence-corrected chi connectivity index (χ0v) is 7.66. The Kier molecular flexibility index (Phi) is 1.98. The highest BCUT2D eigenvalue weighted by Gasteiger charge is 2.44. The highest BCUT2D eigenvalue weighted by molar-refractivity contribution is 5.87. The zero-order chi connectivity index (χ0) is 9.42. The molecule has 72 valence electrons. The molecule has 2 heterocycles. The van der Waals surface area contributed by atoms with Crippen LogP contribution in [0.15, 0.2) is 0 Å². The van der Waals surface area contributed by atoms with Gasteiger partial charge in [0.05, 0.1) is 7.11 Å². The fourth-order valence-electron chi connectivity index (χ4n) is 2.33. The molecule has 0 aromatic rings. The summed E-state index contributed by atoms with van der Waals surface area (Å²) in [4.78, 5) is 24.4. The molecule has 0 N–H and O–H groups in total. The molecule has 0 aromatic carbocycles. The third kappa shape index (κ3) is 1.20. The first-order chi connectivity index (χ1) is 6.24. The average Bonchev–Trinajstić information content (AvgIpc) is 2.68. The molecular formula is C9H13NO3. The summed E-state index contributed by atoms with van der Waals surface area (Å²) in [6.45, 7) is 0. The molecule has 2 aliphatic rings. The van der Waals surface area contributed by atoms with Gasteiger partial charge in [-0.15, -0.1) is 0 Å². The average molecular weight is 183 g/mol. The molecule has 0 saturated carbocycles. The van der Waals surface area contributed by atoms with Crippen molar-refractivity contribution in [2.45, 2.75) is 37.8 Å². The van der Waals surface area contributed by atoms with Crippen molar-refractivity contribution in [2.24, 2.45) is 0 Å². The normalized spacial score (nSPS) is 32.1. The van der Waals surface area contributed by atoms with Crippen molar-refractivity contribution in [3.05, 3.63) is 0 Å². The van der Waals surface area contributed by atoms with Crippen LogP contribution in [0.3, 0.4) is 0 Å². The Morgan fingerprint density at radius 2 is 2.23 bits per heavy atom. The van der Waals surface area contributed by atoms with Crippen LogP contribution in [0.25, 0.3) is 0 Å². The summed E-state index contributed by atoms with van der Waals surface area (Å²) in [6.07, 6.45) is 3.22. The topological polar surface area (TPSA) is 46.6 Å². The van der Waals surface area contributed by atoms with Gasteiger partial charge in [-0.1, -0.05) is 0 Å². The first-order valence-electron chi connectivity index (χ1n) is 4.63. The number of methoxy groups -OCH3 is 1. The Morgan fingerprint density at radius 1 is 1.46 bits per heavy atom. The molecule has 4 heteroatoms. The quantitative estimate of drug-likeness (QED) is 0.550. The monoisotopic (exact) mass is 183 g/mol.